The molecule has 3 aromatic rings. The largest absolute Gasteiger partial charge is 0.330 e. The van der Waals surface area contributed by atoms with E-state index in [9.17, 15) is 0 Å². The predicted molar refractivity (Wildman–Crippen MR) is 85.3 cm³/mol. The van der Waals surface area contributed by atoms with Gasteiger partial charge in [0.1, 0.15) is 5.52 Å². The van der Waals surface area contributed by atoms with E-state index in [0.717, 1.165) is 17.6 Å². The van der Waals surface area contributed by atoms with Crippen LogP contribution in [-0.2, 0) is 6.54 Å². The van der Waals surface area contributed by atoms with E-state index >= 15 is 0 Å². The highest BCUT2D eigenvalue weighted by Crippen LogP contribution is 2.23. The Morgan fingerprint density at radius 1 is 1.14 bits per heavy atom. The number of pyridine rings is 1. The van der Waals surface area contributed by atoms with Crippen LogP contribution in [0.15, 0.2) is 36.8 Å². The van der Waals surface area contributed by atoms with Crippen molar-refractivity contribution in [3.63, 3.8) is 0 Å². The number of benzene rings is 1. The van der Waals surface area contributed by atoms with Crippen molar-refractivity contribution < 1.29 is 0 Å². The summed E-state index contributed by atoms with van der Waals surface area (Å²) in [7, 11) is 0. The molecule has 0 radical (unpaired) electrons. The molecule has 4 heteroatoms. The fourth-order valence-corrected chi connectivity index (χ4v) is 3.34. The van der Waals surface area contributed by atoms with Crippen LogP contribution in [0.1, 0.15) is 25.7 Å². The van der Waals surface area contributed by atoms with Crippen molar-refractivity contribution in [2.24, 2.45) is 0 Å². The van der Waals surface area contributed by atoms with Crippen molar-refractivity contribution in [2.75, 3.05) is 6.54 Å². The second-order valence-corrected chi connectivity index (χ2v) is 5.88. The number of piperidine rings is 1. The minimum absolute atomic E-state index is 0.657. The molecule has 1 aromatic carbocycles. The number of imidazole rings is 1. The van der Waals surface area contributed by atoms with E-state index in [1.54, 1.807) is 0 Å². The van der Waals surface area contributed by atoms with Crippen LogP contribution in [0.25, 0.3) is 21.9 Å². The van der Waals surface area contributed by atoms with Crippen LogP contribution in [0.4, 0.5) is 0 Å². The lowest BCUT2D eigenvalue weighted by Gasteiger charge is -2.23. The first-order chi connectivity index (χ1) is 10.4. The fourth-order valence-electron chi connectivity index (χ4n) is 3.34. The van der Waals surface area contributed by atoms with E-state index in [1.807, 2.05) is 18.6 Å². The van der Waals surface area contributed by atoms with Gasteiger partial charge < -0.3 is 9.88 Å². The summed E-state index contributed by atoms with van der Waals surface area (Å²) < 4.78 is 2.29. The molecule has 1 saturated heterocycles. The normalized spacial score (nSPS) is 19.3. The first kappa shape index (κ1) is 12.8. The molecule has 1 atom stereocenters. The first-order valence-corrected chi connectivity index (χ1v) is 7.84. The number of nitrogens with one attached hydrogen (secondary N) is 1. The molecular formula is C17H20N4. The first-order valence-electron chi connectivity index (χ1n) is 7.84. The van der Waals surface area contributed by atoms with Gasteiger partial charge in [-0.05, 0) is 31.9 Å². The van der Waals surface area contributed by atoms with Crippen molar-refractivity contribution in [3.05, 3.63) is 36.8 Å². The molecule has 1 aliphatic rings. The average molecular weight is 280 g/mol. The molecule has 2 aromatic heterocycles. The summed E-state index contributed by atoms with van der Waals surface area (Å²) in [6.45, 7) is 2.18. The molecule has 1 unspecified atom stereocenters. The molecule has 108 valence electrons. The third-order valence-corrected chi connectivity index (χ3v) is 4.48. The van der Waals surface area contributed by atoms with Crippen molar-refractivity contribution in [3.8, 4) is 0 Å². The van der Waals surface area contributed by atoms with Crippen LogP contribution in [0.2, 0.25) is 0 Å². The van der Waals surface area contributed by atoms with Gasteiger partial charge in [-0.25, -0.2) is 4.98 Å². The van der Waals surface area contributed by atoms with Crippen molar-refractivity contribution in [2.45, 2.75) is 38.3 Å². The zero-order chi connectivity index (χ0) is 14.1. The minimum atomic E-state index is 0.657. The Balaban J connectivity index is 1.66. The molecule has 1 aliphatic heterocycles. The van der Waals surface area contributed by atoms with Crippen LogP contribution < -0.4 is 5.32 Å². The zero-order valence-electron chi connectivity index (χ0n) is 12.1. The maximum Gasteiger partial charge on any atom is 0.107 e. The summed E-state index contributed by atoms with van der Waals surface area (Å²) in [6, 6.07) is 8.97. The van der Waals surface area contributed by atoms with Gasteiger partial charge in [-0.2, -0.15) is 0 Å². The quantitative estimate of drug-likeness (QED) is 0.801. The van der Waals surface area contributed by atoms with Crippen molar-refractivity contribution in [1.82, 2.24) is 19.9 Å². The van der Waals surface area contributed by atoms with E-state index in [1.165, 1.54) is 43.1 Å². The molecule has 0 saturated carbocycles. The third-order valence-electron chi connectivity index (χ3n) is 4.48. The highest BCUT2D eigenvalue weighted by Gasteiger charge is 2.14. The minimum Gasteiger partial charge on any atom is -0.330 e. The number of hydrogen-bond acceptors (Lipinski definition) is 3. The van der Waals surface area contributed by atoms with Crippen LogP contribution in [0.3, 0.4) is 0 Å². The van der Waals surface area contributed by atoms with Gasteiger partial charge in [0, 0.05) is 18.0 Å². The highest BCUT2D eigenvalue weighted by atomic mass is 15.1. The standard InChI is InChI=1S/C17H20N4/c1-2-7-15-14(6-1)17-16(11-19-15)20-12-21(17)10-8-13-5-3-4-9-18-13/h1-2,6-7,11-13,18H,3-5,8-10H2. The second-order valence-electron chi connectivity index (χ2n) is 5.88. The van der Waals surface area contributed by atoms with Crippen LogP contribution in [-0.4, -0.2) is 27.1 Å². The molecule has 0 amide bonds. The number of para-hydroxylation sites is 1. The predicted octanol–water partition coefficient (Wildman–Crippen LogP) is 3.12. The summed E-state index contributed by atoms with van der Waals surface area (Å²) in [4.78, 5) is 9.00. The van der Waals surface area contributed by atoms with E-state index in [0.29, 0.717) is 6.04 Å². The number of hydrogen-bond donors (Lipinski definition) is 1. The molecule has 0 aliphatic carbocycles. The summed E-state index contributed by atoms with van der Waals surface area (Å²) in [5.41, 5.74) is 3.25. The molecule has 3 heterocycles. The summed E-state index contributed by atoms with van der Waals surface area (Å²) in [5, 5.41) is 4.82. The van der Waals surface area contributed by atoms with E-state index in [2.05, 4.69) is 38.1 Å². The Bertz CT molecular complexity index is 756. The Hall–Kier alpha value is -1.94. The average Bonchev–Trinajstić information content (AvgIpc) is 2.97. The van der Waals surface area contributed by atoms with E-state index in [-0.39, 0.29) is 0 Å². The SMILES string of the molecule is c1ccc2c(c1)ncc1ncn(CCC3CCCCN3)c12. The Kier molecular flexibility index (Phi) is 3.31. The van der Waals surface area contributed by atoms with Crippen LogP contribution >= 0.6 is 0 Å². The molecule has 21 heavy (non-hydrogen) atoms. The fraction of sp³-hybridized carbons (Fsp3) is 0.412. The van der Waals surface area contributed by atoms with Gasteiger partial charge in [0.15, 0.2) is 0 Å². The topological polar surface area (TPSA) is 42.7 Å². The maximum absolute atomic E-state index is 4.51. The van der Waals surface area contributed by atoms with Gasteiger partial charge in [-0.15, -0.1) is 0 Å². The molecule has 0 spiro atoms. The molecule has 4 nitrogen and oxygen atoms in total. The van der Waals surface area contributed by atoms with Crippen LogP contribution in [0.5, 0.6) is 0 Å². The molecule has 1 N–H and O–H groups in total. The zero-order valence-corrected chi connectivity index (χ0v) is 12.1. The number of fused-ring (bicyclic) bond motifs is 3. The van der Waals surface area contributed by atoms with Gasteiger partial charge in [0.25, 0.3) is 0 Å². The lowest BCUT2D eigenvalue weighted by atomic mass is 10.0. The van der Waals surface area contributed by atoms with E-state index in [4.69, 9.17) is 0 Å². The Labute approximate surface area is 124 Å². The number of nitrogens with zero attached hydrogens (tertiary/aromatic N) is 3. The monoisotopic (exact) mass is 280 g/mol. The molecular weight excluding hydrogens is 260 g/mol. The molecule has 1 fully saturated rings. The highest BCUT2D eigenvalue weighted by molar-refractivity contribution is 6.01. The van der Waals surface area contributed by atoms with Crippen molar-refractivity contribution >= 4 is 21.9 Å². The van der Waals surface area contributed by atoms with Gasteiger partial charge in [-0.3, -0.25) is 4.98 Å². The lowest BCUT2D eigenvalue weighted by molar-refractivity contribution is 0.368. The van der Waals surface area contributed by atoms with Gasteiger partial charge in [-0.1, -0.05) is 24.6 Å². The smallest absolute Gasteiger partial charge is 0.107 e. The lowest BCUT2D eigenvalue weighted by Crippen LogP contribution is -2.34. The van der Waals surface area contributed by atoms with Gasteiger partial charge in [0.2, 0.25) is 0 Å². The Morgan fingerprint density at radius 2 is 2.10 bits per heavy atom. The summed E-state index contributed by atoms with van der Waals surface area (Å²) >= 11 is 0. The number of aromatic nitrogens is 3. The Morgan fingerprint density at radius 3 is 3.00 bits per heavy atom. The van der Waals surface area contributed by atoms with Crippen molar-refractivity contribution in [1.29, 1.82) is 0 Å². The molecule has 4 rings (SSSR count). The van der Waals surface area contributed by atoms with Gasteiger partial charge in [0.05, 0.1) is 23.6 Å². The van der Waals surface area contributed by atoms with E-state index < -0.39 is 0 Å². The summed E-state index contributed by atoms with van der Waals surface area (Å²) in [6.07, 6.45) is 8.99. The number of aryl methyl sites for hydroxylation is 1. The summed E-state index contributed by atoms with van der Waals surface area (Å²) in [5.74, 6) is 0. The van der Waals surface area contributed by atoms with Crippen LogP contribution in [0, 0.1) is 0 Å². The second kappa shape index (κ2) is 5.45. The van der Waals surface area contributed by atoms with Gasteiger partial charge >= 0.3 is 0 Å². The molecule has 0 bridgehead atoms. The third kappa shape index (κ3) is 2.40. The maximum atomic E-state index is 4.51. The number of rotatable bonds is 3.